The molecule has 9 nitrogen and oxygen atoms in total. The minimum Gasteiger partial charge on any atom is -0.478 e. The Morgan fingerprint density at radius 3 is 2.35 bits per heavy atom. The first kappa shape index (κ1) is 24.7. The van der Waals surface area contributed by atoms with Gasteiger partial charge in [-0.3, -0.25) is 9.78 Å². The summed E-state index contributed by atoms with van der Waals surface area (Å²) in [5.41, 5.74) is 4.23. The van der Waals surface area contributed by atoms with Crippen molar-refractivity contribution in [1.82, 2.24) is 24.8 Å². The number of imidazole rings is 1. The van der Waals surface area contributed by atoms with E-state index in [-0.39, 0.29) is 23.5 Å². The van der Waals surface area contributed by atoms with E-state index in [1.54, 1.807) is 31.1 Å². The topological polar surface area (TPSA) is 121 Å². The van der Waals surface area contributed by atoms with Crippen LogP contribution in [0.5, 0.6) is 6.01 Å². The standard InChI is InChI=1S/C27H26ClN5O4/c1-33(2)25(34)17-7-10-19(11-8-17)37-27-30-22-13-20(28)23(31-24(22)32-27)16-5-3-15(4-6-16)21-12-9-18(14-29-21)26(35)36/h3-6,9,12-14,17,19H,7-8,10-11H2,1-2H3,(H,35,36)(H,30,31,32). The van der Waals surface area contributed by atoms with Gasteiger partial charge in [-0.25, -0.2) is 9.78 Å². The molecule has 1 aliphatic rings. The van der Waals surface area contributed by atoms with Crippen molar-refractivity contribution in [1.29, 1.82) is 0 Å². The number of ether oxygens (including phenoxy) is 1. The number of carboxylic acids is 1. The van der Waals surface area contributed by atoms with Gasteiger partial charge in [-0.05, 0) is 43.9 Å². The predicted molar refractivity (Wildman–Crippen MR) is 140 cm³/mol. The maximum Gasteiger partial charge on any atom is 0.337 e. The van der Waals surface area contributed by atoms with Crippen LogP contribution in [-0.4, -0.2) is 62.0 Å². The number of pyridine rings is 2. The number of carboxylic acid groups (broad SMARTS) is 1. The number of carbonyl (C=O) groups is 2. The Kier molecular flexibility index (Phi) is 6.80. The Bertz CT molecular complexity index is 1440. The number of H-pyrrole nitrogens is 1. The highest BCUT2D eigenvalue weighted by Gasteiger charge is 2.28. The van der Waals surface area contributed by atoms with Gasteiger partial charge in [-0.1, -0.05) is 35.9 Å². The molecular formula is C27H26ClN5O4. The summed E-state index contributed by atoms with van der Waals surface area (Å²) in [5.74, 6) is -0.782. The van der Waals surface area contributed by atoms with E-state index in [4.69, 9.17) is 21.4 Å². The molecule has 2 N–H and O–H groups in total. The number of benzene rings is 1. The highest BCUT2D eigenvalue weighted by molar-refractivity contribution is 6.33. The van der Waals surface area contributed by atoms with E-state index in [1.165, 1.54) is 12.3 Å². The molecule has 0 spiro atoms. The van der Waals surface area contributed by atoms with E-state index in [2.05, 4.69) is 19.9 Å². The predicted octanol–water partition coefficient (Wildman–Crippen LogP) is 5.06. The van der Waals surface area contributed by atoms with Crippen molar-refractivity contribution in [3.63, 3.8) is 0 Å². The number of rotatable bonds is 6. The second-order valence-electron chi connectivity index (χ2n) is 9.37. The van der Waals surface area contributed by atoms with Crippen LogP contribution in [0.1, 0.15) is 36.0 Å². The van der Waals surface area contributed by atoms with Crippen molar-refractivity contribution in [2.24, 2.45) is 5.92 Å². The summed E-state index contributed by atoms with van der Waals surface area (Å²) in [4.78, 5) is 41.5. The molecule has 10 heteroatoms. The summed E-state index contributed by atoms with van der Waals surface area (Å²) >= 11 is 6.56. The zero-order chi connectivity index (χ0) is 26.1. The molecule has 4 aromatic rings. The van der Waals surface area contributed by atoms with Crippen molar-refractivity contribution in [2.45, 2.75) is 31.8 Å². The average molecular weight is 520 g/mol. The lowest BCUT2D eigenvalue weighted by Gasteiger charge is -2.28. The van der Waals surface area contributed by atoms with Gasteiger partial charge in [0.05, 0.1) is 27.5 Å². The molecule has 1 amide bonds. The molecule has 3 aromatic heterocycles. The van der Waals surface area contributed by atoms with Gasteiger partial charge in [0.1, 0.15) is 6.10 Å². The highest BCUT2D eigenvalue weighted by atomic mass is 35.5. The van der Waals surface area contributed by atoms with Gasteiger partial charge in [0, 0.05) is 37.3 Å². The largest absolute Gasteiger partial charge is 0.478 e. The number of hydrogen-bond acceptors (Lipinski definition) is 6. The summed E-state index contributed by atoms with van der Waals surface area (Å²) in [6.45, 7) is 0. The number of amides is 1. The summed E-state index contributed by atoms with van der Waals surface area (Å²) in [6, 6.07) is 12.9. The molecule has 5 rings (SSSR count). The molecule has 1 saturated carbocycles. The van der Waals surface area contributed by atoms with Crippen LogP contribution in [0.3, 0.4) is 0 Å². The van der Waals surface area contributed by atoms with E-state index >= 15 is 0 Å². The fourth-order valence-corrected chi connectivity index (χ4v) is 4.86. The van der Waals surface area contributed by atoms with Gasteiger partial charge < -0.3 is 19.7 Å². The quantitative estimate of drug-likeness (QED) is 0.365. The van der Waals surface area contributed by atoms with Crippen molar-refractivity contribution in [3.05, 3.63) is 59.2 Å². The minimum atomic E-state index is -1.01. The van der Waals surface area contributed by atoms with Crippen LogP contribution in [-0.2, 0) is 4.79 Å². The van der Waals surface area contributed by atoms with Crippen LogP contribution < -0.4 is 4.74 Å². The molecule has 1 aliphatic carbocycles. The summed E-state index contributed by atoms with van der Waals surface area (Å²) in [6.07, 6.45) is 4.51. The zero-order valence-corrected chi connectivity index (χ0v) is 21.2. The zero-order valence-electron chi connectivity index (χ0n) is 20.4. The number of carbonyl (C=O) groups excluding carboxylic acids is 1. The smallest absolute Gasteiger partial charge is 0.337 e. The number of hydrogen-bond donors (Lipinski definition) is 2. The van der Waals surface area contributed by atoms with E-state index in [9.17, 15) is 9.59 Å². The molecule has 0 bridgehead atoms. The van der Waals surface area contributed by atoms with Crippen LogP contribution >= 0.6 is 11.6 Å². The first-order valence-corrected chi connectivity index (χ1v) is 12.4. The van der Waals surface area contributed by atoms with E-state index in [1.807, 2.05) is 24.3 Å². The van der Waals surface area contributed by atoms with E-state index in [0.29, 0.717) is 33.6 Å². The lowest BCUT2D eigenvalue weighted by Crippen LogP contribution is -2.34. The van der Waals surface area contributed by atoms with Crippen LogP contribution in [0, 0.1) is 5.92 Å². The fraction of sp³-hybridized carbons (Fsp3) is 0.296. The van der Waals surface area contributed by atoms with Crippen molar-refractivity contribution >= 4 is 34.6 Å². The molecule has 0 atom stereocenters. The molecule has 1 fully saturated rings. The van der Waals surface area contributed by atoms with Crippen LogP contribution in [0.2, 0.25) is 5.02 Å². The van der Waals surface area contributed by atoms with Crippen LogP contribution in [0.15, 0.2) is 48.7 Å². The average Bonchev–Trinajstić information content (AvgIpc) is 3.29. The number of aromatic nitrogens is 4. The molecule has 190 valence electrons. The molecule has 37 heavy (non-hydrogen) atoms. The second-order valence-corrected chi connectivity index (χ2v) is 9.78. The normalized spacial score (nSPS) is 17.5. The third-order valence-corrected chi connectivity index (χ3v) is 6.90. The summed E-state index contributed by atoms with van der Waals surface area (Å²) in [5, 5.41) is 9.52. The third-order valence-electron chi connectivity index (χ3n) is 6.61. The molecular weight excluding hydrogens is 494 g/mol. The van der Waals surface area contributed by atoms with Crippen molar-refractivity contribution in [3.8, 4) is 28.5 Å². The SMILES string of the molecule is CN(C)C(=O)C1CCC(Oc2nc3nc(-c4ccc(-c5ccc(C(=O)O)cn5)cc4)c(Cl)cc3[nH]2)CC1. The molecule has 3 heterocycles. The Hall–Kier alpha value is -3.98. The van der Waals surface area contributed by atoms with E-state index in [0.717, 1.165) is 36.8 Å². The maximum absolute atomic E-state index is 12.2. The highest BCUT2D eigenvalue weighted by Crippen LogP contribution is 2.32. The first-order valence-electron chi connectivity index (χ1n) is 12.0. The first-order chi connectivity index (χ1) is 17.8. The number of nitrogens with one attached hydrogen (secondary N) is 1. The van der Waals surface area contributed by atoms with Gasteiger partial charge in [0.25, 0.3) is 6.01 Å². The number of fused-ring (bicyclic) bond motifs is 1. The lowest BCUT2D eigenvalue weighted by atomic mass is 9.86. The van der Waals surface area contributed by atoms with E-state index < -0.39 is 5.97 Å². The Morgan fingerprint density at radius 2 is 1.73 bits per heavy atom. The van der Waals surface area contributed by atoms with Gasteiger partial charge >= 0.3 is 5.97 Å². The molecule has 1 aromatic carbocycles. The van der Waals surface area contributed by atoms with Crippen molar-refractivity contribution < 1.29 is 19.4 Å². The fourth-order valence-electron chi connectivity index (χ4n) is 4.59. The monoisotopic (exact) mass is 519 g/mol. The van der Waals surface area contributed by atoms with Gasteiger partial charge in [-0.2, -0.15) is 4.98 Å². The summed E-state index contributed by atoms with van der Waals surface area (Å²) in [7, 11) is 3.58. The molecule has 0 saturated heterocycles. The van der Waals surface area contributed by atoms with Crippen LogP contribution in [0.4, 0.5) is 0 Å². The van der Waals surface area contributed by atoms with Gasteiger partial charge in [0.2, 0.25) is 5.91 Å². The maximum atomic E-state index is 12.2. The molecule has 0 radical (unpaired) electrons. The molecule has 0 aliphatic heterocycles. The van der Waals surface area contributed by atoms with Crippen LogP contribution in [0.25, 0.3) is 33.7 Å². The number of aromatic amines is 1. The second kappa shape index (κ2) is 10.2. The number of nitrogens with zero attached hydrogens (tertiary/aromatic N) is 4. The van der Waals surface area contributed by atoms with Gasteiger partial charge in [0.15, 0.2) is 5.65 Å². The van der Waals surface area contributed by atoms with Gasteiger partial charge in [-0.15, -0.1) is 0 Å². The van der Waals surface area contributed by atoms with Crippen molar-refractivity contribution in [2.75, 3.05) is 14.1 Å². The molecule has 0 unspecified atom stereocenters. The minimum absolute atomic E-state index is 0.00700. The number of halogens is 1. The third kappa shape index (κ3) is 5.27. The Balaban J connectivity index is 1.30. The Labute approximate surface area is 218 Å². The lowest BCUT2D eigenvalue weighted by molar-refractivity contribution is -0.134. The Morgan fingerprint density at radius 1 is 1.03 bits per heavy atom. The summed E-state index contributed by atoms with van der Waals surface area (Å²) < 4.78 is 6.08. The number of aromatic carboxylic acids is 1.